The van der Waals surface area contributed by atoms with Gasteiger partial charge in [0.25, 0.3) is 0 Å². The average molecular weight is 478 g/mol. The van der Waals surface area contributed by atoms with Crippen LogP contribution in [0.25, 0.3) is 0 Å². The van der Waals surface area contributed by atoms with Crippen molar-refractivity contribution in [3.63, 3.8) is 0 Å². The first-order valence-electron chi connectivity index (χ1n) is 10.7. The van der Waals surface area contributed by atoms with Crippen LogP contribution in [0, 0.1) is 5.92 Å². The topological polar surface area (TPSA) is 40.1 Å². The maximum atomic E-state index is 5.49. The highest BCUT2D eigenvalue weighted by Crippen LogP contribution is 2.28. The molecule has 1 unspecified atom stereocenters. The molecule has 0 amide bonds. The number of ether oxygens (including phenoxy) is 1. The van der Waals surface area contributed by atoms with Gasteiger partial charge in [0.2, 0.25) is 0 Å². The first-order valence-corrected chi connectivity index (χ1v) is 10.7. The molecule has 26 heavy (non-hydrogen) atoms. The minimum Gasteiger partial charge on any atom is -0.379 e. The van der Waals surface area contributed by atoms with Crippen LogP contribution >= 0.6 is 24.0 Å². The Hall–Kier alpha value is -0.0800. The van der Waals surface area contributed by atoms with Crippen molar-refractivity contribution in [2.75, 3.05) is 52.5 Å². The molecule has 1 atom stereocenters. The number of rotatable bonds is 7. The quantitative estimate of drug-likeness (QED) is 0.264. The summed E-state index contributed by atoms with van der Waals surface area (Å²) in [6.07, 6.45) is 11.2. The molecule has 0 radical (unpaired) electrons. The summed E-state index contributed by atoms with van der Waals surface area (Å²) in [6, 6.07) is 0.676. The summed E-state index contributed by atoms with van der Waals surface area (Å²) in [7, 11) is 0. The first kappa shape index (κ1) is 22.2. The molecule has 0 aromatic heterocycles. The Morgan fingerprint density at radius 1 is 1.08 bits per heavy atom. The van der Waals surface area contributed by atoms with Crippen molar-refractivity contribution < 1.29 is 4.74 Å². The zero-order valence-corrected chi connectivity index (χ0v) is 19.0. The van der Waals surface area contributed by atoms with E-state index in [0.29, 0.717) is 6.04 Å². The van der Waals surface area contributed by atoms with Crippen molar-refractivity contribution in [3.8, 4) is 0 Å². The lowest BCUT2D eigenvalue weighted by atomic mass is 10.0. The number of hydrogen-bond acceptors (Lipinski definition) is 3. The minimum atomic E-state index is 0. The summed E-state index contributed by atoms with van der Waals surface area (Å²) in [5.41, 5.74) is 0. The second kappa shape index (κ2) is 12.4. The van der Waals surface area contributed by atoms with E-state index in [1.165, 1.54) is 51.4 Å². The molecule has 1 aliphatic carbocycles. The Morgan fingerprint density at radius 3 is 2.58 bits per heavy atom. The van der Waals surface area contributed by atoms with Gasteiger partial charge in [0.1, 0.15) is 0 Å². The zero-order valence-electron chi connectivity index (χ0n) is 16.6. The third kappa shape index (κ3) is 6.82. The lowest BCUT2D eigenvalue weighted by molar-refractivity contribution is 0.0195. The van der Waals surface area contributed by atoms with Crippen LogP contribution in [0.4, 0.5) is 0 Å². The third-order valence-corrected chi connectivity index (χ3v) is 6.12. The molecule has 2 aliphatic heterocycles. The second-order valence-electron chi connectivity index (χ2n) is 7.92. The lowest BCUT2D eigenvalue weighted by Crippen LogP contribution is -2.46. The van der Waals surface area contributed by atoms with Crippen molar-refractivity contribution in [2.24, 2.45) is 10.9 Å². The van der Waals surface area contributed by atoms with Gasteiger partial charge in [-0.15, -0.1) is 24.0 Å². The number of morpholine rings is 1. The van der Waals surface area contributed by atoms with Crippen LogP contribution in [0.1, 0.15) is 58.3 Å². The molecular weight excluding hydrogens is 439 g/mol. The molecular formula is C20H39IN4O. The summed E-state index contributed by atoms with van der Waals surface area (Å²) in [4.78, 5) is 10.0. The van der Waals surface area contributed by atoms with Gasteiger partial charge >= 0.3 is 0 Å². The van der Waals surface area contributed by atoms with E-state index in [4.69, 9.17) is 9.73 Å². The number of aliphatic imine (C=N–C) groups is 1. The molecule has 0 bridgehead atoms. The molecule has 0 spiro atoms. The molecule has 2 saturated heterocycles. The molecule has 0 aromatic rings. The molecule has 0 aromatic carbocycles. The SMILES string of the molecule is CCNC(=NCCCCC1CCCC1)N1CCC(N2CCOCC2)C1.I. The average Bonchev–Trinajstić information content (AvgIpc) is 3.33. The number of guanidine groups is 1. The van der Waals surface area contributed by atoms with Crippen LogP contribution in [0.2, 0.25) is 0 Å². The van der Waals surface area contributed by atoms with E-state index >= 15 is 0 Å². The third-order valence-electron chi connectivity index (χ3n) is 6.12. The van der Waals surface area contributed by atoms with Gasteiger partial charge in [-0.05, 0) is 25.7 Å². The van der Waals surface area contributed by atoms with E-state index in [9.17, 15) is 0 Å². The lowest BCUT2D eigenvalue weighted by Gasteiger charge is -2.32. The Bertz CT molecular complexity index is 409. The highest BCUT2D eigenvalue weighted by Gasteiger charge is 2.30. The smallest absolute Gasteiger partial charge is 0.193 e. The van der Waals surface area contributed by atoms with Gasteiger partial charge in [0, 0.05) is 45.3 Å². The molecule has 3 rings (SSSR count). The Kier molecular flexibility index (Phi) is 10.6. The van der Waals surface area contributed by atoms with Crippen LogP contribution in [0.5, 0.6) is 0 Å². The van der Waals surface area contributed by atoms with Crippen molar-refractivity contribution in [2.45, 2.75) is 64.3 Å². The van der Waals surface area contributed by atoms with Crippen molar-refractivity contribution in [3.05, 3.63) is 0 Å². The summed E-state index contributed by atoms with van der Waals surface area (Å²) < 4.78 is 5.49. The van der Waals surface area contributed by atoms with Gasteiger partial charge in [0.15, 0.2) is 5.96 Å². The maximum Gasteiger partial charge on any atom is 0.193 e. The Balaban J connectivity index is 0.00000243. The fraction of sp³-hybridized carbons (Fsp3) is 0.950. The number of unbranched alkanes of at least 4 members (excludes halogenated alkanes) is 1. The van der Waals surface area contributed by atoms with E-state index in [1.54, 1.807) is 0 Å². The van der Waals surface area contributed by atoms with Crippen molar-refractivity contribution in [1.82, 2.24) is 15.1 Å². The molecule has 2 heterocycles. The summed E-state index contributed by atoms with van der Waals surface area (Å²) >= 11 is 0. The van der Waals surface area contributed by atoms with Crippen LogP contribution in [-0.4, -0.2) is 74.3 Å². The number of nitrogens with one attached hydrogen (secondary N) is 1. The predicted octanol–water partition coefficient (Wildman–Crippen LogP) is 3.34. The molecule has 5 nitrogen and oxygen atoms in total. The highest BCUT2D eigenvalue weighted by atomic mass is 127. The maximum absolute atomic E-state index is 5.49. The van der Waals surface area contributed by atoms with Crippen molar-refractivity contribution in [1.29, 1.82) is 0 Å². The molecule has 6 heteroatoms. The van der Waals surface area contributed by atoms with E-state index in [2.05, 4.69) is 22.0 Å². The van der Waals surface area contributed by atoms with Crippen LogP contribution in [0.15, 0.2) is 4.99 Å². The Morgan fingerprint density at radius 2 is 1.85 bits per heavy atom. The normalized spacial score (nSPS) is 25.5. The van der Waals surface area contributed by atoms with Crippen LogP contribution < -0.4 is 5.32 Å². The molecule has 3 aliphatic rings. The molecule has 1 saturated carbocycles. The zero-order chi connectivity index (χ0) is 17.3. The minimum absolute atomic E-state index is 0. The largest absolute Gasteiger partial charge is 0.379 e. The van der Waals surface area contributed by atoms with Gasteiger partial charge in [0.05, 0.1) is 13.2 Å². The Labute approximate surface area is 177 Å². The van der Waals surface area contributed by atoms with Crippen LogP contribution in [-0.2, 0) is 4.74 Å². The van der Waals surface area contributed by atoms with Gasteiger partial charge in [-0.3, -0.25) is 9.89 Å². The molecule has 1 N–H and O–H groups in total. The fourth-order valence-electron chi connectivity index (χ4n) is 4.63. The summed E-state index contributed by atoms with van der Waals surface area (Å²) in [6.45, 7) is 10.3. The first-order chi connectivity index (χ1) is 12.4. The summed E-state index contributed by atoms with van der Waals surface area (Å²) in [5.74, 6) is 2.16. The predicted molar refractivity (Wildman–Crippen MR) is 120 cm³/mol. The summed E-state index contributed by atoms with van der Waals surface area (Å²) in [5, 5.41) is 3.51. The van der Waals surface area contributed by atoms with Gasteiger partial charge in [-0.1, -0.05) is 38.5 Å². The number of halogens is 1. The number of nitrogens with zero attached hydrogens (tertiary/aromatic N) is 3. The van der Waals surface area contributed by atoms with Gasteiger partial charge in [-0.25, -0.2) is 0 Å². The monoisotopic (exact) mass is 478 g/mol. The van der Waals surface area contributed by atoms with Crippen LogP contribution in [0.3, 0.4) is 0 Å². The number of likely N-dealkylation sites (tertiary alicyclic amines) is 1. The van der Waals surface area contributed by atoms with E-state index < -0.39 is 0 Å². The van der Waals surface area contributed by atoms with Crippen molar-refractivity contribution >= 4 is 29.9 Å². The standard InChI is InChI=1S/C20H38N4O.HI/c1-2-21-20(22-11-6-5-9-18-7-3-4-8-18)24-12-10-19(17-24)23-13-15-25-16-14-23;/h18-19H,2-17H2,1H3,(H,21,22);1H. The highest BCUT2D eigenvalue weighted by molar-refractivity contribution is 14.0. The fourth-order valence-corrected chi connectivity index (χ4v) is 4.63. The van der Waals surface area contributed by atoms with E-state index in [1.807, 2.05) is 0 Å². The van der Waals surface area contributed by atoms with E-state index in [0.717, 1.165) is 64.4 Å². The number of hydrogen-bond donors (Lipinski definition) is 1. The molecule has 152 valence electrons. The van der Waals surface area contributed by atoms with Gasteiger partial charge < -0.3 is 15.0 Å². The second-order valence-corrected chi connectivity index (χ2v) is 7.92. The molecule has 3 fully saturated rings. The van der Waals surface area contributed by atoms with E-state index in [-0.39, 0.29) is 24.0 Å². The van der Waals surface area contributed by atoms with Gasteiger partial charge in [-0.2, -0.15) is 0 Å².